The molecule has 1 aromatic rings. The number of methoxy groups -OCH3 is 2. The van der Waals surface area contributed by atoms with Crippen molar-refractivity contribution in [1.29, 1.82) is 0 Å². The third kappa shape index (κ3) is 4.27. The number of hydrogen-bond donors (Lipinski definition) is 1. The van der Waals surface area contributed by atoms with Crippen LogP contribution in [0.5, 0.6) is 5.75 Å². The van der Waals surface area contributed by atoms with Crippen molar-refractivity contribution in [1.82, 2.24) is 0 Å². The van der Waals surface area contributed by atoms with Crippen molar-refractivity contribution in [3.05, 3.63) is 35.5 Å². The van der Waals surface area contributed by atoms with Crippen LogP contribution in [0.4, 0.5) is 5.69 Å². The number of aliphatic carboxylic acids is 1. The van der Waals surface area contributed by atoms with Crippen molar-refractivity contribution < 1.29 is 38.4 Å². The number of rotatable bonds is 6. The third-order valence-corrected chi connectivity index (χ3v) is 3.32. The van der Waals surface area contributed by atoms with E-state index in [9.17, 15) is 14.4 Å². The Morgan fingerprint density at radius 2 is 1.92 bits per heavy atom. The molecule has 134 valence electrons. The van der Waals surface area contributed by atoms with Crippen molar-refractivity contribution in [2.45, 2.75) is 0 Å². The number of carbonyl (C=O) groups excluding carboxylic acids is 2. The lowest BCUT2D eigenvalue weighted by Gasteiger charge is -2.31. The Balaban J connectivity index is 2.41. The molecule has 1 aliphatic heterocycles. The van der Waals surface area contributed by atoms with Crippen LogP contribution in [0.3, 0.4) is 0 Å². The predicted molar refractivity (Wildman–Crippen MR) is 83.9 cm³/mol. The molecule has 0 amide bonds. The first-order valence-electron chi connectivity index (χ1n) is 7.17. The minimum atomic E-state index is -1.12. The number of esters is 2. The first kappa shape index (κ1) is 18.3. The SMILES string of the molecule is COC(=O)C1=C(C(=O)OC)N(c2cccc(OCC(=O)O)c2)COC1. The van der Waals surface area contributed by atoms with Gasteiger partial charge in [0, 0.05) is 11.8 Å². The summed E-state index contributed by atoms with van der Waals surface area (Å²) in [7, 11) is 2.40. The lowest BCUT2D eigenvalue weighted by atomic mass is 10.1. The second-order valence-electron chi connectivity index (χ2n) is 4.90. The Labute approximate surface area is 143 Å². The fraction of sp³-hybridized carbons (Fsp3) is 0.312. The molecule has 1 aromatic carbocycles. The van der Waals surface area contributed by atoms with Gasteiger partial charge in [-0.25, -0.2) is 14.4 Å². The smallest absolute Gasteiger partial charge is 0.355 e. The Bertz CT molecular complexity index is 712. The van der Waals surface area contributed by atoms with E-state index in [-0.39, 0.29) is 30.4 Å². The van der Waals surface area contributed by atoms with Crippen LogP contribution in [0.25, 0.3) is 0 Å². The average molecular weight is 351 g/mol. The van der Waals surface area contributed by atoms with Crippen LogP contribution in [0.15, 0.2) is 35.5 Å². The van der Waals surface area contributed by atoms with E-state index >= 15 is 0 Å². The molecule has 0 spiro atoms. The van der Waals surface area contributed by atoms with E-state index in [1.807, 2.05) is 0 Å². The van der Waals surface area contributed by atoms with E-state index in [4.69, 9.17) is 19.3 Å². The summed E-state index contributed by atoms with van der Waals surface area (Å²) in [5.41, 5.74) is 0.484. The molecule has 1 heterocycles. The maximum atomic E-state index is 12.2. The maximum absolute atomic E-state index is 12.2. The topological polar surface area (TPSA) is 112 Å². The number of carboxylic acids is 1. The summed E-state index contributed by atoms with van der Waals surface area (Å²) in [6.45, 7) is -0.608. The summed E-state index contributed by atoms with van der Waals surface area (Å²) < 4.78 is 19.9. The van der Waals surface area contributed by atoms with Crippen molar-refractivity contribution in [2.24, 2.45) is 0 Å². The molecule has 0 saturated heterocycles. The van der Waals surface area contributed by atoms with Gasteiger partial charge in [-0.1, -0.05) is 6.07 Å². The van der Waals surface area contributed by atoms with Gasteiger partial charge in [0.1, 0.15) is 18.2 Å². The third-order valence-electron chi connectivity index (χ3n) is 3.32. The highest BCUT2D eigenvalue weighted by molar-refractivity contribution is 6.03. The second kappa shape index (κ2) is 8.15. The highest BCUT2D eigenvalue weighted by Crippen LogP contribution is 2.29. The van der Waals surface area contributed by atoms with Gasteiger partial charge < -0.3 is 29.0 Å². The van der Waals surface area contributed by atoms with Crippen LogP contribution in [-0.2, 0) is 28.6 Å². The zero-order chi connectivity index (χ0) is 18.4. The molecule has 0 radical (unpaired) electrons. The first-order chi connectivity index (χ1) is 12.0. The second-order valence-corrected chi connectivity index (χ2v) is 4.90. The number of hydrogen-bond acceptors (Lipinski definition) is 8. The molecule has 9 heteroatoms. The molecule has 0 saturated carbocycles. The Kier molecular flexibility index (Phi) is 5.96. The predicted octanol–water partition coefficient (Wildman–Crippen LogP) is 0.544. The van der Waals surface area contributed by atoms with Crippen molar-refractivity contribution in [3.63, 3.8) is 0 Å². The number of carbonyl (C=O) groups is 3. The van der Waals surface area contributed by atoms with Gasteiger partial charge in [-0.15, -0.1) is 0 Å². The van der Waals surface area contributed by atoms with Gasteiger partial charge in [0.05, 0.1) is 26.4 Å². The van der Waals surface area contributed by atoms with Gasteiger partial charge in [0.2, 0.25) is 0 Å². The summed E-state index contributed by atoms with van der Waals surface area (Å²) in [6, 6.07) is 6.36. The van der Waals surface area contributed by atoms with Gasteiger partial charge >= 0.3 is 17.9 Å². The molecule has 0 unspecified atom stereocenters. The number of nitrogens with zero attached hydrogens (tertiary/aromatic N) is 1. The zero-order valence-electron chi connectivity index (χ0n) is 13.7. The molecule has 2 rings (SSSR count). The van der Waals surface area contributed by atoms with Gasteiger partial charge in [0.25, 0.3) is 0 Å². The van der Waals surface area contributed by atoms with Crippen LogP contribution >= 0.6 is 0 Å². The molecule has 0 fully saturated rings. The van der Waals surface area contributed by atoms with Crippen LogP contribution in [0, 0.1) is 0 Å². The molecule has 0 aromatic heterocycles. The number of carboxylic acid groups (broad SMARTS) is 1. The van der Waals surface area contributed by atoms with Gasteiger partial charge in [-0.2, -0.15) is 0 Å². The summed E-state index contributed by atoms with van der Waals surface area (Å²) in [6.07, 6.45) is 0. The van der Waals surface area contributed by atoms with Crippen molar-refractivity contribution in [3.8, 4) is 5.75 Å². The van der Waals surface area contributed by atoms with Crippen LogP contribution in [0.2, 0.25) is 0 Å². The van der Waals surface area contributed by atoms with Crippen molar-refractivity contribution >= 4 is 23.6 Å². The monoisotopic (exact) mass is 351 g/mol. The molecule has 9 nitrogen and oxygen atoms in total. The Hall–Kier alpha value is -3.07. The van der Waals surface area contributed by atoms with E-state index < -0.39 is 24.5 Å². The normalized spacial score (nSPS) is 14.1. The Morgan fingerprint density at radius 1 is 1.20 bits per heavy atom. The lowest BCUT2D eigenvalue weighted by molar-refractivity contribution is -0.140. The quantitative estimate of drug-likeness (QED) is 0.734. The van der Waals surface area contributed by atoms with E-state index in [0.29, 0.717) is 5.69 Å². The molecular weight excluding hydrogens is 334 g/mol. The molecule has 0 atom stereocenters. The van der Waals surface area contributed by atoms with Gasteiger partial charge in [-0.05, 0) is 12.1 Å². The summed E-state index contributed by atoms with van der Waals surface area (Å²) >= 11 is 0. The minimum Gasteiger partial charge on any atom is -0.482 e. The number of benzene rings is 1. The first-order valence-corrected chi connectivity index (χ1v) is 7.17. The average Bonchev–Trinajstić information content (AvgIpc) is 2.64. The fourth-order valence-electron chi connectivity index (χ4n) is 2.23. The maximum Gasteiger partial charge on any atom is 0.355 e. The number of ether oxygens (including phenoxy) is 4. The van der Waals surface area contributed by atoms with Crippen LogP contribution < -0.4 is 9.64 Å². The van der Waals surface area contributed by atoms with Gasteiger partial charge in [-0.3, -0.25) is 0 Å². The summed E-state index contributed by atoms with van der Waals surface area (Å²) in [4.78, 5) is 36.2. The van der Waals surface area contributed by atoms with Crippen LogP contribution in [0.1, 0.15) is 0 Å². The summed E-state index contributed by atoms with van der Waals surface area (Å²) in [5, 5.41) is 8.69. The largest absolute Gasteiger partial charge is 0.482 e. The zero-order valence-corrected chi connectivity index (χ0v) is 13.7. The van der Waals surface area contributed by atoms with Gasteiger partial charge in [0.15, 0.2) is 6.61 Å². The molecule has 1 N–H and O–H groups in total. The molecular formula is C16H17NO8. The highest BCUT2D eigenvalue weighted by Gasteiger charge is 2.32. The minimum absolute atomic E-state index is 0.00372. The van der Waals surface area contributed by atoms with Crippen LogP contribution in [-0.4, -0.2) is 57.2 Å². The summed E-state index contributed by atoms with van der Waals surface area (Å²) in [5.74, 6) is -2.26. The van der Waals surface area contributed by atoms with E-state index in [0.717, 1.165) is 0 Å². The number of anilines is 1. The lowest BCUT2D eigenvalue weighted by Crippen LogP contribution is -2.38. The molecule has 25 heavy (non-hydrogen) atoms. The van der Waals surface area contributed by atoms with Crippen molar-refractivity contribution in [2.75, 3.05) is 39.1 Å². The fourth-order valence-corrected chi connectivity index (χ4v) is 2.23. The van der Waals surface area contributed by atoms with E-state index in [1.54, 1.807) is 18.2 Å². The molecule has 1 aliphatic rings. The highest BCUT2D eigenvalue weighted by atomic mass is 16.5. The van der Waals surface area contributed by atoms with E-state index in [2.05, 4.69) is 4.74 Å². The molecule has 0 bridgehead atoms. The Morgan fingerprint density at radius 3 is 2.56 bits per heavy atom. The standard InChI is InChI=1S/C16H17NO8/c1-22-15(20)12-7-24-9-17(14(12)16(21)23-2)10-4-3-5-11(6-10)25-8-13(18)19/h3-6H,7-9H2,1-2H3,(H,18,19). The molecule has 0 aliphatic carbocycles. The van der Waals surface area contributed by atoms with E-state index in [1.165, 1.54) is 25.2 Å².